The summed E-state index contributed by atoms with van der Waals surface area (Å²) in [7, 11) is 0. The number of aromatic nitrogens is 2. The Labute approximate surface area is 332 Å². The van der Waals surface area contributed by atoms with Crippen LogP contribution < -0.4 is 0 Å². The van der Waals surface area contributed by atoms with Crippen molar-refractivity contribution in [3.8, 4) is 54.4 Å². The number of hydrogen-bond acceptors (Lipinski definition) is 3. The maximum Gasteiger partial charge on any atom is 0.0972 e. The van der Waals surface area contributed by atoms with Gasteiger partial charge < -0.3 is 0 Å². The quantitative estimate of drug-likeness (QED) is 0.165. The number of fused-ring (bicyclic) bond motifs is 7. The fourth-order valence-electron chi connectivity index (χ4n) is 7.96. The van der Waals surface area contributed by atoms with Crippen LogP contribution in [0.25, 0.3) is 109 Å². The van der Waals surface area contributed by atoms with Gasteiger partial charge in [-0.3, -0.25) is 4.98 Å². The van der Waals surface area contributed by atoms with E-state index >= 15 is 0 Å². The molecular weight excluding hydrogens is 685 g/mol. The lowest BCUT2D eigenvalue weighted by Crippen LogP contribution is -1.92. The van der Waals surface area contributed by atoms with E-state index in [1.54, 1.807) is 11.3 Å². The van der Waals surface area contributed by atoms with Crippen LogP contribution in [0.1, 0.15) is 9.60 Å². The van der Waals surface area contributed by atoms with Crippen LogP contribution in [0.4, 0.5) is 0 Å². The summed E-state index contributed by atoms with van der Waals surface area (Å²) in [6.45, 7) is 0. The zero-order valence-corrected chi connectivity index (χ0v) is 30.1. The minimum absolute atomic E-state index is 0.00491. The Balaban J connectivity index is 1.24. The first-order valence-electron chi connectivity index (χ1n) is 21.6. The Hall–Kier alpha value is -6.94. The Morgan fingerprint density at radius 2 is 1.00 bits per heavy atom. The van der Waals surface area contributed by atoms with Gasteiger partial charge in [-0.25, -0.2) is 4.98 Å². The van der Waals surface area contributed by atoms with Crippen LogP contribution in [-0.2, 0) is 0 Å². The van der Waals surface area contributed by atoms with Crippen LogP contribution in [0, 0.1) is 0 Å². The largest absolute Gasteiger partial charge is 0.254 e. The van der Waals surface area contributed by atoms with Gasteiger partial charge in [0.05, 0.1) is 26.3 Å². The highest BCUT2D eigenvalue weighted by Gasteiger charge is 2.26. The van der Waals surface area contributed by atoms with E-state index in [4.69, 9.17) is 11.8 Å². The van der Waals surface area contributed by atoms with Crippen molar-refractivity contribution in [2.24, 2.45) is 0 Å². The highest BCUT2D eigenvalue weighted by Crippen LogP contribution is 2.55. The monoisotopic (exact) mass is 723 g/mol. The fraction of sp³-hybridized carbons (Fsp3) is 0. The average molecular weight is 724 g/mol. The topological polar surface area (TPSA) is 25.8 Å². The molecule has 0 aliphatic rings. The lowest BCUT2D eigenvalue weighted by Gasteiger charge is -2.16. The van der Waals surface area contributed by atoms with E-state index in [1.807, 2.05) is 36.4 Å². The lowest BCUT2D eigenvalue weighted by molar-refractivity contribution is 1.37. The summed E-state index contributed by atoms with van der Waals surface area (Å²) in [5.74, 6) is 0. The number of nitrogens with zero attached hydrogens (tertiary/aromatic N) is 2. The van der Waals surface area contributed by atoms with Crippen molar-refractivity contribution in [3.63, 3.8) is 0 Å². The number of pyridine rings is 2. The first-order valence-corrected chi connectivity index (χ1v) is 18.9. The van der Waals surface area contributed by atoms with E-state index in [2.05, 4.69) is 120 Å². The molecule has 11 aromatic rings. The van der Waals surface area contributed by atoms with Gasteiger partial charge in [-0.2, -0.15) is 0 Å². The van der Waals surface area contributed by atoms with Crippen LogP contribution in [0.2, 0.25) is 0 Å². The summed E-state index contributed by atoms with van der Waals surface area (Å²) in [5, 5.41) is 6.29. The Morgan fingerprint density at radius 1 is 0.418 bits per heavy atom. The van der Waals surface area contributed by atoms with Gasteiger partial charge in [0.1, 0.15) is 0 Å². The molecule has 256 valence electrons. The number of rotatable bonds is 5. The van der Waals surface area contributed by atoms with Crippen LogP contribution in [0.15, 0.2) is 194 Å². The van der Waals surface area contributed by atoms with Gasteiger partial charge in [0.2, 0.25) is 0 Å². The zero-order valence-electron chi connectivity index (χ0n) is 36.2. The summed E-state index contributed by atoms with van der Waals surface area (Å²) < 4.78 is 61.2. The standard InChI is InChI=1S/C52H32N2S/c1-3-14-33(15-4-1)47-48(51(36-16-5-2-6-17-36)55-52(47)45-32-37-18-7-8-20-38(37)39-21-9-12-24-42(39)45)44-29-28-43(40-22-10-11-23-41(40)44)46-30-27-35-26-25-34-19-13-31-53-49(34)50(35)54-46/h1-32H/i13D,19D,25D,26D,27D,30D,31D. The molecule has 0 radical (unpaired) electrons. The van der Waals surface area contributed by atoms with Gasteiger partial charge in [-0.1, -0.05) is 170 Å². The molecule has 0 aliphatic carbocycles. The SMILES string of the molecule is [2H]c1nc2c(c([2H])c1[2H])c([2H])c([2H])c1c([2H])c([2H])c(-c3ccc(-c4c(-c5ccccc5)sc(-c5cc6ccccc6c6ccccc56)c4-c4ccccc4)c4ccccc34)nc12. The first-order chi connectivity index (χ1) is 30.2. The Morgan fingerprint density at radius 3 is 1.76 bits per heavy atom. The molecule has 0 amide bonds. The maximum absolute atomic E-state index is 9.30. The van der Waals surface area contributed by atoms with Gasteiger partial charge in [0.25, 0.3) is 0 Å². The molecule has 0 N–H and O–H groups in total. The summed E-state index contributed by atoms with van der Waals surface area (Å²) in [6.07, 6.45) is -0.462. The normalized spacial score (nSPS) is 13.4. The molecule has 2 nitrogen and oxygen atoms in total. The second-order valence-electron chi connectivity index (χ2n) is 13.5. The van der Waals surface area contributed by atoms with Crippen molar-refractivity contribution < 1.29 is 9.60 Å². The van der Waals surface area contributed by atoms with Crippen LogP contribution in [-0.4, -0.2) is 9.97 Å². The second-order valence-corrected chi connectivity index (χ2v) is 14.5. The number of thiophene rings is 1. The molecule has 0 saturated heterocycles. The molecule has 0 spiro atoms. The minimum Gasteiger partial charge on any atom is -0.254 e. The summed E-state index contributed by atoms with van der Waals surface area (Å²) >= 11 is 1.78. The van der Waals surface area contributed by atoms with E-state index in [0.29, 0.717) is 5.56 Å². The average Bonchev–Trinajstić information content (AvgIpc) is 3.71. The van der Waals surface area contributed by atoms with E-state index in [0.717, 1.165) is 64.7 Å². The van der Waals surface area contributed by atoms with Crippen molar-refractivity contribution in [1.82, 2.24) is 9.97 Å². The van der Waals surface area contributed by atoms with Gasteiger partial charge in [0.15, 0.2) is 0 Å². The number of hydrogen-bond donors (Lipinski definition) is 0. The maximum atomic E-state index is 9.30. The summed E-state index contributed by atoms with van der Waals surface area (Å²) in [6, 6.07) is 50.4. The Kier molecular flexibility index (Phi) is 5.89. The molecule has 0 fully saturated rings. The highest BCUT2D eigenvalue weighted by molar-refractivity contribution is 7.20. The summed E-state index contributed by atoms with van der Waals surface area (Å²) in [4.78, 5) is 11.4. The third-order valence-corrected chi connectivity index (χ3v) is 11.7. The predicted octanol–water partition coefficient (Wildman–Crippen LogP) is 14.6. The molecule has 11 rings (SSSR count). The van der Waals surface area contributed by atoms with Gasteiger partial charge in [-0.05, 0) is 67.2 Å². The van der Waals surface area contributed by atoms with Crippen LogP contribution in [0.5, 0.6) is 0 Å². The molecule has 0 atom stereocenters. The zero-order chi connectivity index (χ0) is 42.4. The van der Waals surface area contributed by atoms with Crippen LogP contribution >= 0.6 is 11.3 Å². The molecular formula is C52H32N2S. The third kappa shape index (κ3) is 5.16. The van der Waals surface area contributed by atoms with Gasteiger partial charge in [-0.15, -0.1) is 11.3 Å². The van der Waals surface area contributed by atoms with Crippen molar-refractivity contribution >= 4 is 65.5 Å². The van der Waals surface area contributed by atoms with Gasteiger partial charge >= 0.3 is 0 Å². The van der Waals surface area contributed by atoms with E-state index in [1.165, 1.54) is 10.8 Å². The highest BCUT2D eigenvalue weighted by atomic mass is 32.1. The van der Waals surface area contributed by atoms with Crippen molar-refractivity contribution in [3.05, 3.63) is 194 Å². The fourth-order valence-corrected chi connectivity index (χ4v) is 9.33. The molecule has 0 bridgehead atoms. The molecule has 3 heteroatoms. The van der Waals surface area contributed by atoms with Crippen molar-refractivity contribution in [1.29, 1.82) is 0 Å². The molecule has 3 heterocycles. The molecule has 3 aromatic heterocycles. The second kappa shape index (κ2) is 12.9. The van der Waals surface area contributed by atoms with Crippen molar-refractivity contribution in [2.75, 3.05) is 0 Å². The minimum atomic E-state index is -0.462. The summed E-state index contributed by atoms with van der Waals surface area (Å²) in [5.41, 5.74) is 7.25. The predicted molar refractivity (Wildman–Crippen MR) is 235 cm³/mol. The van der Waals surface area contributed by atoms with Crippen LogP contribution in [0.3, 0.4) is 0 Å². The molecule has 0 unspecified atom stereocenters. The smallest absolute Gasteiger partial charge is 0.0972 e. The molecule has 8 aromatic carbocycles. The lowest BCUT2D eigenvalue weighted by atomic mass is 9.86. The van der Waals surface area contributed by atoms with E-state index < -0.39 is 18.3 Å². The molecule has 55 heavy (non-hydrogen) atoms. The number of benzene rings is 8. The molecule has 0 saturated carbocycles. The first kappa shape index (κ1) is 25.1. The molecule has 0 aliphatic heterocycles. The third-order valence-electron chi connectivity index (χ3n) is 10.4. The Bertz CT molecular complexity index is 3660. The van der Waals surface area contributed by atoms with E-state index in [9.17, 15) is 2.74 Å². The van der Waals surface area contributed by atoms with Crippen molar-refractivity contribution in [2.45, 2.75) is 0 Å². The van der Waals surface area contributed by atoms with E-state index in [-0.39, 0.29) is 51.7 Å². The van der Waals surface area contributed by atoms with Gasteiger partial charge in [0, 0.05) is 49.0 Å².